The second-order valence-corrected chi connectivity index (χ2v) is 4.55. The van der Waals surface area contributed by atoms with Crippen LogP contribution in [0.15, 0.2) is 24.3 Å². The van der Waals surface area contributed by atoms with Crippen LogP contribution in [0.5, 0.6) is 0 Å². The monoisotopic (exact) mass is 236 g/mol. The standard InChI is InChI=1S/C14H17FO2/c15-13-7-5-12(6-8-13)14(16)2-1-9-17-10-11-3-4-11/h5-8,11H,1-4,9-10H2. The molecule has 0 aromatic heterocycles. The molecule has 1 fully saturated rings. The summed E-state index contributed by atoms with van der Waals surface area (Å²) in [7, 11) is 0. The van der Waals surface area contributed by atoms with Crippen LogP contribution in [-0.2, 0) is 4.74 Å². The van der Waals surface area contributed by atoms with E-state index in [1.54, 1.807) is 0 Å². The molecule has 0 heterocycles. The number of benzene rings is 1. The van der Waals surface area contributed by atoms with Gasteiger partial charge in [0.05, 0.1) is 0 Å². The number of hydrogen-bond donors (Lipinski definition) is 0. The van der Waals surface area contributed by atoms with Crippen molar-refractivity contribution in [3.05, 3.63) is 35.6 Å². The first kappa shape index (κ1) is 12.2. The topological polar surface area (TPSA) is 26.3 Å². The number of ketones is 1. The summed E-state index contributed by atoms with van der Waals surface area (Å²) in [6.07, 6.45) is 3.78. The van der Waals surface area contributed by atoms with Gasteiger partial charge in [-0.15, -0.1) is 0 Å². The molecular formula is C14H17FO2. The predicted octanol–water partition coefficient (Wildman–Crippen LogP) is 3.22. The molecule has 1 saturated carbocycles. The molecule has 1 aromatic carbocycles. The Morgan fingerprint density at radius 2 is 2.00 bits per heavy atom. The van der Waals surface area contributed by atoms with Crippen molar-refractivity contribution in [2.75, 3.05) is 13.2 Å². The largest absolute Gasteiger partial charge is 0.381 e. The van der Waals surface area contributed by atoms with Crippen LogP contribution >= 0.6 is 0 Å². The second-order valence-electron chi connectivity index (χ2n) is 4.55. The highest BCUT2D eigenvalue weighted by atomic mass is 19.1. The summed E-state index contributed by atoms with van der Waals surface area (Å²) >= 11 is 0. The lowest BCUT2D eigenvalue weighted by atomic mass is 10.1. The summed E-state index contributed by atoms with van der Waals surface area (Å²) in [6, 6.07) is 5.69. The van der Waals surface area contributed by atoms with Gasteiger partial charge in [0, 0.05) is 25.2 Å². The maximum atomic E-state index is 12.7. The van der Waals surface area contributed by atoms with Gasteiger partial charge in [0.15, 0.2) is 5.78 Å². The minimum absolute atomic E-state index is 0.0556. The van der Waals surface area contributed by atoms with E-state index in [1.807, 2.05) is 0 Å². The molecule has 0 spiro atoms. The van der Waals surface area contributed by atoms with E-state index >= 15 is 0 Å². The summed E-state index contributed by atoms with van der Waals surface area (Å²) in [4.78, 5) is 11.7. The molecule has 3 heteroatoms. The molecule has 0 unspecified atom stereocenters. The Bertz CT molecular complexity index is 368. The molecule has 0 atom stereocenters. The average Bonchev–Trinajstić information content (AvgIpc) is 3.13. The van der Waals surface area contributed by atoms with Gasteiger partial charge >= 0.3 is 0 Å². The van der Waals surface area contributed by atoms with Crippen molar-refractivity contribution >= 4 is 5.78 Å². The molecular weight excluding hydrogens is 219 g/mol. The number of Topliss-reactive ketones (excluding diaryl/α,β-unsaturated/α-hetero) is 1. The highest BCUT2D eigenvalue weighted by Crippen LogP contribution is 2.28. The van der Waals surface area contributed by atoms with Crippen LogP contribution < -0.4 is 0 Å². The minimum Gasteiger partial charge on any atom is -0.381 e. The van der Waals surface area contributed by atoms with Crippen molar-refractivity contribution < 1.29 is 13.9 Å². The van der Waals surface area contributed by atoms with Crippen LogP contribution in [-0.4, -0.2) is 19.0 Å². The Balaban J connectivity index is 1.64. The quantitative estimate of drug-likeness (QED) is 0.536. The lowest BCUT2D eigenvalue weighted by molar-refractivity contribution is 0.0926. The third kappa shape index (κ3) is 4.27. The van der Waals surface area contributed by atoms with Gasteiger partial charge in [0.25, 0.3) is 0 Å². The Morgan fingerprint density at radius 1 is 1.29 bits per heavy atom. The first-order valence-electron chi connectivity index (χ1n) is 6.12. The minimum atomic E-state index is -0.311. The van der Waals surface area contributed by atoms with Crippen LogP contribution in [0.3, 0.4) is 0 Å². The first-order chi connectivity index (χ1) is 8.25. The molecule has 2 nitrogen and oxygen atoms in total. The van der Waals surface area contributed by atoms with Crippen LogP contribution in [0.4, 0.5) is 4.39 Å². The van der Waals surface area contributed by atoms with Crippen molar-refractivity contribution in [3.63, 3.8) is 0 Å². The summed E-state index contributed by atoms with van der Waals surface area (Å²) in [5.41, 5.74) is 0.577. The van der Waals surface area contributed by atoms with Gasteiger partial charge in [-0.3, -0.25) is 4.79 Å². The third-order valence-corrected chi connectivity index (χ3v) is 2.91. The van der Waals surface area contributed by atoms with E-state index in [4.69, 9.17) is 4.74 Å². The van der Waals surface area contributed by atoms with E-state index in [0.29, 0.717) is 18.6 Å². The summed E-state index contributed by atoms with van der Waals surface area (Å²) in [5.74, 6) is 0.511. The Kier molecular flexibility index (Phi) is 4.26. The fourth-order valence-corrected chi connectivity index (χ4v) is 1.65. The normalized spacial score (nSPS) is 14.9. The van der Waals surface area contributed by atoms with Gasteiger partial charge in [0.2, 0.25) is 0 Å². The van der Waals surface area contributed by atoms with Crippen molar-refractivity contribution in [3.8, 4) is 0 Å². The van der Waals surface area contributed by atoms with Gasteiger partial charge in [-0.2, -0.15) is 0 Å². The smallest absolute Gasteiger partial charge is 0.162 e. The summed E-state index contributed by atoms with van der Waals surface area (Å²) in [6.45, 7) is 1.48. The van der Waals surface area contributed by atoms with E-state index in [-0.39, 0.29) is 11.6 Å². The summed E-state index contributed by atoms with van der Waals surface area (Å²) < 4.78 is 18.1. The molecule has 0 N–H and O–H groups in total. The Labute approximate surface area is 101 Å². The highest BCUT2D eigenvalue weighted by molar-refractivity contribution is 5.95. The number of rotatable bonds is 7. The van der Waals surface area contributed by atoms with Gasteiger partial charge in [-0.1, -0.05) is 0 Å². The number of ether oxygens (including phenoxy) is 1. The van der Waals surface area contributed by atoms with E-state index in [9.17, 15) is 9.18 Å². The zero-order valence-electron chi connectivity index (χ0n) is 9.82. The molecule has 92 valence electrons. The predicted molar refractivity (Wildman–Crippen MR) is 63.5 cm³/mol. The first-order valence-corrected chi connectivity index (χ1v) is 6.12. The van der Waals surface area contributed by atoms with Gasteiger partial charge in [-0.25, -0.2) is 4.39 Å². The van der Waals surface area contributed by atoms with Crippen LogP contribution in [0, 0.1) is 11.7 Å². The zero-order valence-corrected chi connectivity index (χ0v) is 9.82. The van der Waals surface area contributed by atoms with Crippen LogP contribution in [0.25, 0.3) is 0 Å². The zero-order chi connectivity index (χ0) is 12.1. The van der Waals surface area contributed by atoms with E-state index in [2.05, 4.69) is 0 Å². The highest BCUT2D eigenvalue weighted by Gasteiger charge is 2.20. The van der Waals surface area contributed by atoms with Gasteiger partial charge in [0.1, 0.15) is 5.82 Å². The van der Waals surface area contributed by atoms with Crippen molar-refractivity contribution in [1.82, 2.24) is 0 Å². The van der Waals surface area contributed by atoms with Gasteiger partial charge < -0.3 is 4.74 Å². The molecule has 0 amide bonds. The number of halogens is 1. The molecule has 1 aliphatic rings. The molecule has 17 heavy (non-hydrogen) atoms. The molecule has 1 aromatic rings. The van der Waals surface area contributed by atoms with Crippen molar-refractivity contribution in [2.24, 2.45) is 5.92 Å². The maximum Gasteiger partial charge on any atom is 0.162 e. The van der Waals surface area contributed by atoms with Crippen molar-refractivity contribution in [2.45, 2.75) is 25.7 Å². The third-order valence-electron chi connectivity index (χ3n) is 2.91. The van der Waals surface area contributed by atoms with Crippen molar-refractivity contribution in [1.29, 1.82) is 0 Å². The van der Waals surface area contributed by atoms with E-state index in [0.717, 1.165) is 18.9 Å². The van der Waals surface area contributed by atoms with Gasteiger partial charge in [-0.05, 0) is 49.4 Å². The van der Waals surface area contributed by atoms with E-state index in [1.165, 1.54) is 37.1 Å². The number of carbonyl (C=O) groups excluding carboxylic acids is 1. The number of carbonyl (C=O) groups is 1. The van der Waals surface area contributed by atoms with Crippen LogP contribution in [0.1, 0.15) is 36.0 Å². The molecule has 0 bridgehead atoms. The Morgan fingerprint density at radius 3 is 2.65 bits per heavy atom. The lowest BCUT2D eigenvalue weighted by Gasteiger charge is -2.03. The fourth-order valence-electron chi connectivity index (χ4n) is 1.65. The van der Waals surface area contributed by atoms with E-state index < -0.39 is 0 Å². The van der Waals surface area contributed by atoms with Crippen LogP contribution in [0.2, 0.25) is 0 Å². The number of hydrogen-bond acceptors (Lipinski definition) is 2. The lowest BCUT2D eigenvalue weighted by Crippen LogP contribution is -2.03. The Hall–Kier alpha value is -1.22. The molecule has 0 aliphatic heterocycles. The summed E-state index contributed by atoms with van der Waals surface area (Å²) in [5, 5.41) is 0. The fraction of sp³-hybridized carbons (Fsp3) is 0.500. The molecule has 1 aliphatic carbocycles. The SMILES string of the molecule is O=C(CCCOCC1CC1)c1ccc(F)cc1. The average molecular weight is 236 g/mol. The molecule has 2 rings (SSSR count). The molecule has 0 radical (unpaired) electrons. The maximum absolute atomic E-state index is 12.7. The second kappa shape index (κ2) is 5.92. The molecule has 0 saturated heterocycles.